The van der Waals surface area contributed by atoms with E-state index in [1.165, 1.54) is 6.07 Å². The fourth-order valence-corrected chi connectivity index (χ4v) is 4.67. The lowest BCUT2D eigenvalue weighted by Crippen LogP contribution is -2.35. The van der Waals surface area contributed by atoms with Crippen molar-refractivity contribution in [1.29, 1.82) is 0 Å². The largest absolute Gasteiger partial charge is 0.545 e. The third kappa shape index (κ3) is 5.16. The molecule has 0 bridgehead atoms. The molecule has 7 heteroatoms. The summed E-state index contributed by atoms with van der Waals surface area (Å²) >= 11 is 9.75. The number of carboxylic acid groups (broad SMARTS) is 1. The molecule has 2 aliphatic rings. The van der Waals surface area contributed by atoms with Crippen LogP contribution >= 0.6 is 27.5 Å². The minimum Gasteiger partial charge on any atom is -0.545 e. The second-order valence-corrected chi connectivity index (χ2v) is 9.53. The van der Waals surface area contributed by atoms with E-state index in [0.29, 0.717) is 18.4 Å². The summed E-state index contributed by atoms with van der Waals surface area (Å²) in [6.45, 7) is 3.00. The van der Waals surface area contributed by atoms with Gasteiger partial charge in [-0.3, -0.25) is 4.90 Å². The van der Waals surface area contributed by atoms with E-state index in [-0.39, 0.29) is 5.75 Å². The average Bonchev–Trinajstić information content (AvgIpc) is 3.55. The van der Waals surface area contributed by atoms with E-state index in [1.807, 2.05) is 18.2 Å². The van der Waals surface area contributed by atoms with Crippen LogP contribution in [0.5, 0.6) is 5.75 Å². The third-order valence-electron chi connectivity index (χ3n) is 5.92. The highest BCUT2D eigenvalue weighted by Crippen LogP contribution is 2.42. The number of carbonyl (C=O) groups is 1. The van der Waals surface area contributed by atoms with E-state index in [9.17, 15) is 14.3 Å². The van der Waals surface area contributed by atoms with E-state index in [0.717, 1.165) is 65.9 Å². The first-order chi connectivity index (χ1) is 14.4. The smallest absolute Gasteiger partial charge is 0.174 e. The monoisotopic (exact) mass is 494 g/mol. The first-order valence-electron chi connectivity index (χ1n) is 10.2. The molecule has 1 saturated carbocycles. The second kappa shape index (κ2) is 9.25. The average molecular weight is 496 g/mol. The molecule has 0 spiro atoms. The number of nitrogens with zero attached hydrogens (tertiary/aromatic N) is 1. The Labute approximate surface area is 189 Å². The van der Waals surface area contributed by atoms with Crippen molar-refractivity contribution < 1.29 is 19.0 Å². The fourth-order valence-electron chi connectivity index (χ4n) is 3.93. The minimum atomic E-state index is -1.50. The Morgan fingerprint density at radius 2 is 1.93 bits per heavy atom. The lowest BCUT2D eigenvalue weighted by atomic mass is 9.97. The van der Waals surface area contributed by atoms with Crippen LogP contribution in [0.3, 0.4) is 0 Å². The van der Waals surface area contributed by atoms with Gasteiger partial charge in [0.2, 0.25) is 0 Å². The number of carboxylic acids is 1. The van der Waals surface area contributed by atoms with Crippen LogP contribution < -0.4 is 9.84 Å². The Hall–Kier alpha value is -1.63. The molecule has 0 aromatic heterocycles. The van der Waals surface area contributed by atoms with Gasteiger partial charge < -0.3 is 14.6 Å². The molecule has 4 nitrogen and oxygen atoms in total. The highest BCUT2D eigenvalue weighted by molar-refractivity contribution is 9.10. The van der Waals surface area contributed by atoms with Crippen molar-refractivity contribution in [2.24, 2.45) is 5.92 Å². The fraction of sp³-hybridized carbons (Fsp3) is 0.435. The van der Waals surface area contributed by atoms with Crippen LogP contribution in [0, 0.1) is 11.7 Å². The van der Waals surface area contributed by atoms with Crippen LogP contribution in [0.15, 0.2) is 34.8 Å². The first-order valence-corrected chi connectivity index (χ1v) is 11.4. The quantitative estimate of drug-likeness (QED) is 0.555. The Balaban J connectivity index is 1.33. The van der Waals surface area contributed by atoms with E-state index < -0.39 is 17.3 Å². The second-order valence-electron chi connectivity index (χ2n) is 8.21. The molecule has 4 rings (SSSR count). The van der Waals surface area contributed by atoms with Crippen LogP contribution in [0.4, 0.5) is 4.39 Å². The first kappa shape index (κ1) is 21.6. The topological polar surface area (TPSA) is 52.6 Å². The summed E-state index contributed by atoms with van der Waals surface area (Å²) in [6, 6.07) is 8.98. The summed E-state index contributed by atoms with van der Waals surface area (Å²) < 4.78 is 21.3. The molecule has 1 heterocycles. The van der Waals surface area contributed by atoms with Crippen molar-refractivity contribution in [3.8, 4) is 5.75 Å². The number of aromatic carboxylic acids is 1. The molecule has 1 saturated heterocycles. The maximum Gasteiger partial charge on any atom is 0.174 e. The number of ether oxygens (including phenoxy) is 1. The van der Waals surface area contributed by atoms with E-state index in [2.05, 4.69) is 20.8 Å². The van der Waals surface area contributed by atoms with Gasteiger partial charge in [-0.1, -0.05) is 33.6 Å². The number of benzene rings is 2. The molecule has 30 heavy (non-hydrogen) atoms. The molecule has 0 N–H and O–H groups in total. The van der Waals surface area contributed by atoms with Gasteiger partial charge in [0.1, 0.15) is 0 Å². The highest BCUT2D eigenvalue weighted by Gasteiger charge is 2.27. The van der Waals surface area contributed by atoms with Gasteiger partial charge >= 0.3 is 0 Å². The van der Waals surface area contributed by atoms with E-state index in [1.54, 1.807) is 6.07 Å². The molecule has 0 amide bonds. The van der Waals surface area contributed by atoms with Crippen LogP contribution in [-0.4, -0.2) is 30.6 Å². The van der Waals surface area contributed by atoms with Gasteiger partial charge in [-0.05, 0) is 86.0 Å². The van der Waals surface area contributed by atoms with Gasteiger partial charge in [0.05, 0.1) is 12.6 Å². The molecule has 2 aromatic carbocycles. The van der Waals surface area contributed by atoms with Crippen LogP contribution in [0.2, 0.25) is 5.02 Å². The zero-order valence-electron chi connectivity index (χ0n) is 16.5. The van der Waals surface area contributed by atoms with Crippen molar-refractivity contribution in [1.82, 2.24) is 4.90 Å². The maximum atomic E-state index is 14.5. The van der Waals surface area contributed by atoms with Crippen LogP contribution in [0.25, 0.3) is 0 Å². The molecular formula is C23H23BrClFNO3-. The van der Waals surface area contributed by atoms with Gasteiger partial charge in [-0.15, -0.1) is 0 Å². The Kier molecular flexibility index (Phi) is 6.66. The summed E-state index contributed by atoms with van der Waals surface area (Å²) in [7, 11) is 0. The standard InChI is InChI=1S/C23H24BrClFNO3/c24-18-4-3-16(20(25)11-18)12-27-7-5-14(6-8-27)13-30-21-10-17(15-1-2-15)9-19(22(21)26)23(28)29/h3-4,9-11,14-15H,1-2,5-8,12-13H2,(H,28,29)/p-1. The third-order valence-corrected chi connectivity index (χ3v) is 6.77. The van der Waals surface area contributed by atoms with Crippen molar-refractivity contribution in [3.63, 3.8) is 0 Å². The molecule has 2 fully saturated rings. The lowest BCUT2D eigenvalue weighted by molar-refractivity contribution is -0.255. The SMILES string of the molecule is O=C([O-])c1cc(C2CC2)cc(OCC2CCN(Cc3ccc(Br)cc3Cl)CC2)c1F. The maximum absolute atomic E-state index is 14.5. The summed E-state index contributed by atoms with van der Waals surface area (Å²) in [5.41, 5.74) is 1.52. The summed E-state index contributed by atoms with van der Waals surface area (Å²) in [5, 5.41) is 12.0. The summed E-state index contributed by atoms with van der Waals surface area (Å²) in [4.78, 5) is 13.6. The number of hydrogen-bond donors (Lipinski definition) is 0. The van der Waals surface area contributed by atoms with E-state index >= 15 is 0 Å². The van der Waals surface area contributed by atoms with Gasteiger partial charge in [0, 0.05) is 21.6 Å². The Morgan fingerprint density at radius 1 is 1.20 bits per heavy atom. The van der Waals surface area contributed by atoms with Crippen molar-refractivity contribution >= 4 is 33.5 Å². The van der Waals surface area contributed by atoms with Crippen LogP contribution in [-0.2, 0) is 6.54 Å². The normalized spacial score (nSPS) is 17.8. The van der Waals surface area contributed by atoms with Crippen molar-refractivity contribution in [2.45, 2.75) is 38.1 Å². The molecule has 2 aromatic rings. The molecular weight excluding hydrogens is 473 g/mol. The minimum absolute atomic E-state index is 0.0303. The predicted molar refractivity (Wildman–Crippen MR) is 115 cm³/mol. The zero-order valence-corrected chi connectivity index (χ0v) is 18.8. The predicted octanol–water partition coefficient (Wildman–Crippen LogP) is 4.77. The summed E-state index contributed by atoms with van der Waals surface area (Å²) in [5.74, 6) is -1.69. The molecule has 1 aliphatic carbocycles. The van der Waals surface area contributed by atoms with E-state index in [4.69, 9.17) is 16.3 Å². The molecule has 0 unspecified atom stereocenters. The molecule has 0 atom stereocenters. The Bertz CT molecular complexity index is 942. The van der Waals surface area contributed by atoms with Crippen molar-refractivity contribution in [2.75, 3.05) is 19.7 Å². The molecule has 0 radical (unpaired) electrons. The molecule has 1 aliphatic heterocycles. The number of rotatable bonds is 7. The number of carbonyl (C=O) groups excluding carboxylic acids is 1. The van der Waals surface area contributed by atoms with Gasteiger partial charge in [-0.2, -0.15) is 0 Å². The number of likely N-dealkylation sites (tertiary alicyclic amines) is 1. The number of hydrogen-bond acceptors (Lipinski definition) is 4. The van der Waals surface area contributed by atoms with Gasteiger partial charge in [-0.25, -0.2) is 4.39 Å². The summed E-state index contributed by atoms with van der Waals surface area (Å²) in [6.07, 6.45) is 3.87. The molecule has 160 valence electrons. The number of halogens is 3. The van der Waals surface area contributed by atoms with Crippen molar-refractivity contribution in [3.05, 3.63) is 62.3 Å². The zero-order chi connectivity index (χ0) is 21.3. The highest BCUT2D eigenvalue weighted by atomic mass is 79.9. The van der Waals surface area contributed by atoms with Gasteiger partial charge in [0.15, 0.2) is 11.6 Å². The van der Waals surface area contributed by atoms with Crippen LogP contribution in [0.1, 0.15) is 53.1 Å². The van der Waals surface area contributed by atoms with Gasteiger partial charge in [0.25, 0.3) is 0 Å². The lowest BCUT2D eigenvalue weighted by Gasteiger charge is -2.32. The Morgan fingerprint density at radius 3 is 2.57 bits per heavy atom. The number of piperidine rings is 1.